The summed E-state index contributed by atoms with van der Waals surface area (Å²) in [7, 11) is -1.59. The Morgan fingerprint density at radius 3 is 1.71 bits per heavy atom. The Morgan fingerprint density at radius 2 is 1.12 bits per heavy atom. The molecule has 0 spiro atoms. The van der Waals surface area contributed by atoms with Crippen LogP contribution in [0.3, 0.4) is 0 Å². The summed E-state index contributed by atoms with van der Waals surface area (Å²) in [5.74, 6) is 0.499. The number of hydrogen-bond donors (Lipinski definition) is 0. The van der Waals surface area contributed by atoms with E-state index >= 15 is 0 Å². The first-order valence-electron chi connectivity index (χ1n) is 16.6. The summed E-state index contributed by atoms with van der Waals surface area (Å²) < 4.78 is 2.46. The molecule has 7 rings (SSSR count). The Kier molecular flexibility index (Phi) is 9.69. The van der Waals surface area contributed by atoms with Gasteiger partial charge in [-0.25, -0.2) is 20.1 Å². The van der Waals surface area contributed by atoms with Crippen LogP contribution in [0.4, 0.5) is 0 Å². The summed E-state index contributed by atoms with van der Waals surface area (Å²) in [5, 5.41) is 0. The molecular weight excluding hydrogens is 621 g/mol. The number of pyridine rings is 2. The third kappa shape index (κ3) is 7.16. The number of fused-ring (bicyclic) bond motifs is 3. The van der Waals surface area contributed by atoms with Gasteiger partial charge in [0, 0.05) is 50.7 Å². The first kappa shape index (κ1) is 33.8. The summed E-state index contributed by atoms with van der Waals surface area (Å²) in [5.41, 5.74) is 11.6. The quantitative estimate of drug-likeness (QED) is 0.167. The lowest BCUT2D eigenvalue weighted by molar-refractivity contribution is -0.714. The minimum absolute atomic E-state index is 0.465. The van der Waals surface area contributed by atoms with Crippen molar-refractivity contribution in [3.8, 4) is 44.8 Å². The lowest BCUT2D eigenvalue weighted by Gasteiger charge is -2.30. The second-order valence-electron chi connectivity index (χ2n) is 14.3. The molecule has 2 nitrogen and oxygen atoms in total. The number of hydrogen-bond acceptors (Lipinski definition) is 1. The molecule has 0 radical (unpaired) electrons. The highest BCUT2D eigenvalue weighted by molar-refractivity contribution is 8.32. The molecule has 0 amide bonds. The van der Waals surface area contributed by atoms with Crippen molar-refractivity contribution < 1.29 is 4.57 Å². The van der Waals surface area contributed by atoms with Crippen LogP contribution >= 0.6 is 20.1 Å². The van der Waals surface area contributed by atoms with E-state index in [0.29, 0.717) is 12.0 Å². The van der Waals surface area contributed by atoms with Crippen molar-refractivity contribution in [2.45, 2.75) is 35.6 Å². The Labute approximate surface area is 291 Å². The highest BCUT2D eigenvalue weighted by Crippen LogP contribution is 2.51. The fourth-order valence-corrected chi connectivity index (χ4v) is 8.70. The Morgan fingerprint density at radius 1 is 0.542 bits per heavy atom. The Hall–Kier alpha value is -4.12. The van der Waals surface area contributed by atoms with E-state index in [2.05, 4.69) is 183 Å². The largest absolute Gasteiger partial charge is 0.256 e. The van der Waals surface area contributed by atoms with E-state index in [-0.39, 0.29) is 0 Å². The van der Waals surface area contributed by atoms with Crippen molar-refractivity contribution >= 4 is 20.1 Å². The molecule has 0 bridgehead atoms. The van der Waals surface area contributed by atoms with Gasteiger partial charge in [0.25, 0.3) is 0 Å². The van der Waals surface area contributed by atoms with E-state index in [1.807, 2.05) is 12.3 Å². The average Bonchev–Trinajstić information content (AvgIpc) is 3.10. The minimum atomic E-state index is -0.852. The fourth-order valence-electron chi connectivity index (χ4n) is 6.47. The summed E-state index contributed by atoms with van der Waals surface area (Å²) >= 11 is 0. The van der Waals surface area contributed by atoms with Gasteiger partial charge < -0.3 is 0 Å². The van der Waals surface area contributed by atoms with Gasteiger partial charge >= 0.3 is 0 Å². The predicted octanol–water partition coefficient (Wildman–Crippen LogP) is 11.5. The molecule has 0 aliphatic carbocycles. The van der Waals surface area contributed by atoms with E-state index in [9.17, 15) is 0 Å². The maximum absolute atomic E-state index is 4.71. The van der Waals surface area contributed by atoms with Crippen LogP contribution in [0.1, 0.15) is 31.4 Å². The second-order valence-corrected chi connectivity index (χ2v) is 22.6. The van der Waals surface area contributed by atoms with Crippen LogP contribution in [-0.4, -0.2) is 42.5 Å². The SMILES string of the molecule is CC1c2cc(-c3ccccc3)ccc2-c2cc(S(C)(C)C)cc[n+]2C1C.CS(C)(C)c1cc(-c2ccccc2)ncc1-c1ccccc1. The lowest BCUT2D eigenvalue weighted by Crippen LogP contribution is -2.45. The zero-order valence-electron chi connectivity index (χ0n) is 29.6. The van der Waals surface area contributed by atoms with Crippen LogP contribution in [0.5, 0.6) is 0 Å². The van der Waals surface area contributed by atoms with Gasteiger partial charge in [-0.1, -0.05) is 104 Å². The topological polar surface area (TPSA) is 16.8 Å². The molecule has 0 N–H and O–H groups in total. The molecule has 1 aliphatic rings. The summed E-state index contributed by atoms with van der Waals surface area (Å²) in [4.78, 5) is 7.60. The maximum atomic E-state index is 4.71. The first-order chi connectivity index (χ1) is 22.9. The van der Waals surface area contributed by atoms with Gasteiger partial charge in [-0.05, 0) is 84.9 Å². The van der Waals surface area contributed by atoms with Crippen molar-refractivity contribution in [1.82, 2.24) is 4.98 Å². The summed E-state index contributed by atoms with van der Waals surface area (Å²) in [6.07, 6.45) is 18.5. The normalized spacial score (nSPS) is 16.2. The van der Waals surface area contributed by atoms with Crippen LogP contribution in [0.15, 0.2) is 150 Å². The standard InChI is InChI=1S/C24H28NS.C20H21NS/c1-17-18(2)25-14-13-21(26(3,4)5)16-24(25)22-12-11-20(15-23(17)22)19-9-7-6-8-10-19;1-22(2,3)20-14-19(17-12-8-5-9-13-17)21-15-18(20)16-10-6-4-7-11-16/h6-18H,1-5H3;4-15H,1-3H3/q+1;. The minimum Gasteiger partial charge on any atom is -0.256 e. The smallest absolute Gasteiger partial charge is 0.214 e. The molecule has 0 fully saturated rings. The molecule has 0 saturated heterocycles. The van der Waals surface area contributed by atoms with Crippen LogP contribution < -0.4 is 4.57 Å². The van der Waals surface area contributed by atoms with Crippen molar-refractivity contribution in [3.63, 3.8) is 0 Å². The molecule has 4 heteroatoms. The van der Waals surface area contributed by atoms with Crippen LogP contribution in [0, 0.1) is 0 Å². The van der Waals surface area contributed by atoms with Gasteiger partial charge in [0.15, 0.2) is 12.2 Å². The molecule has 6 aromatic rings. The molecule has 2 unspecified atom stereocenters. The molecule has 246 valence electrons. The van der Waals surface area contributed by atoms with E-state index in [0.717, 1.165) is 5.69 Å². The van der Waals surface area contributed by atoms with E-state index in [4.69, 9.17) is 4.98 Å². The predicted molar refractivity (Wildman–Crippen MR) is 213 cm³/mol. The van der Waals surface area contributed by atoms with Gasteiger partial charge in [0.1, 0.15) is 0 Å². The van der Waals surface area contributed by atoms with Crippen molar-refractivity contribution in [3.05, 3.63) is 145 Å². The van der Waals surface area contributed by atoms with Crippen LogP contribution in [0.2, 0.25) is 0 Å². The monoisotopic (exact) mass is 669 g/mol. The molecule has 0 saturated carbocycles. The first-order valence-corrected chi connectivity index (χ1v) is 22.4. The molecular formula is C44H49N2S2+. The molecule has 2 atom stereocenters. The molecule has 48 heavy (non-hydrogen) atoms. The average molecular weight is 670 g/mol. The third-order valence-corrected chi connectivity index (χ3v) is 12.8. The highest BCUT2D eigenvalue weighted by Gasteiger charge is 2.35. The zero-order valence-corrected chi connectivity index (χ0v) is 31.3. The summed E-state index contributed by atoms with van der Waals surface area (Å²) in [6.45, 7) is 4.70. The van der Waals surface area contributed by atoms with Crippen LogP contribution in [-0.2, 0) is 0 Å². The van der Waals surface area contributed by atoms with Crippen molar-refractivity contribution in [1.29, 1.82) is 0 Å². The number of rotatable bonds is 5. The van der Waals surface area contributed by atoms with Crippen molar-refractivity contribution in [2.24, 2.45) is 0 Å². The molecule has 3 heterocycles. The number of aromatic nitrogens is 2. The van der Waals surface area contributed by atoms with Crippen LogP contribution in [0.25, 0.3) is 44.8 Å². The maximum Gasteiger partial charge on any atom is 0.214 e. The van der Waals surface area contributed by atoms with Gasteiger partial charge in [-0.3, -0.25) is 4.98 Å². The zero-order chi connectivity index (χ0) is 34.1. The van der Waals surface area contributed by atoms with Gasteiger partial charge in [-0.2, -0.15) is 4.57 Å². The van der Waals surface area contributed by atoms with E-state index < -0.39 is 20.1 Å². The fraction of sp³-hybridized carbons (Fsp3) is 0.227. The van der Waals surface area contributed by atoms with E-state index in [1.54, 1.807) is 0 Å². The van der Waals surface area contributed by atoms with Crippen molar-refractivity contribution in [2.75, 3.05) is 37.5 Å². The van der Waals surface area contributed by atoms with Gasteiger partial charge in [0.2, 0.25) is 5.69 Å². The number of nitrogens with zero attached hydrogens (tertiary/aromatic N) is 2. The Balaban J connectivity index is 0.000000170. The highest BCUT2D eigenvalue weighted by atomic mass is 32.3. The summed E-state index contributed by atoms with van der Waals surface area (Å²) in [6, 6.07) is 46.1. The van der Waals surface area contributed by atoms with Gasteiger partial charge in [0.05, 0.1) is 5.69 Å². The molecule has 4 aromatic carbocycles. The molecule has 2 aromatic heterocycles. The second kappa shape index (κ2) is 13.8. The molecule has 1 aliphatic heterocycles. The van der Waals surface area contributed by atoms with E-state index in [1.165, 1.54) is 54.4 Å². The lowest BCUT2D eigenvalue weighted by atomic mass is 9.83. The third-order valence-electron chi connectivity index (χ3n) is 9.43. The van der Waals surface area contributed by atoms with Gasteiger partial charge in [-0.15, -0.1) is 0 Å². The number of benzene rings is 4. The Bertz CT molecular complexity index is 2010.